The summed E-state index contributed by atoms with van der Waals surface area (Å²) in [6.45, 7) is 1.22. The molecule has 0 saturated heterocycles. The molecule has 0 saturated carbocycles. The second-order valence-corrected chi connectivity index (χ2v) is 9.39. The number of phenolic OH excluding ortho intramolecular Hbond substituents is 1. The molecule has 14 heteroatoms. The number of azo groups is 1. The number of nitrogens with one attached hydrogen (secondary N) is 1. The molecule has 0 radical (unpaired) electrons. The van der Waals surface area contributed by atoms with E-state index in [2.05, 4.69) is 15.5 Å². The molecule has 3 N–H and O–H groups in total. The molecule has 0 heterocycles. The Morgan fingerprint density at radius 1 is 1.07 bits per heavy atom. The summed E-state index contributed by atoms with van der Waals surface area (Å²) in [4.78, 5) is 10.2. The molecule has 0 aliphatic heterocycles. The summed E-state index contributed by atoms with van der Waals surface area (Å²) in [7, 11) is -8.56. The van der Waals surface area contributed by atoms with Crippen LogP contribution in [0.2, 0.25) is 5.02 Å². The molecule has 1 amide bonds. The second kappa shape index (κ2) is 9.69. The Morgan fingerprint density at radius 2 is 1.66 bits per heavy atom. The van der Waals surface area contributed by atoms with Gasteiger partial charge in [-0.15, -0.1) is 10.2 Å². The third-order valence-electron chi connectivity index (χ3n) is 3.27. The molecule has 0 bridgehead atoms. The topological polar surface area (TPSA) is 163 Å². The number of halogens is 1. The molecular formula is C15H16CaClN3O7S2. The Labute approximate surface area is 201 Å². The molecule has 0 atom stereocenters. The molecule has 29 heavy (non-hydrogen) atoms. The van der Waals surface area contributed by atoms with Gasteiger partial charge in [-0.3, -0.25) is 9.35 Å². The van der Waals surface area contributed by atoms with E-state index in [0.29, 0.717) is 0 Å². The zero-order valence-electron chi connectivity index (χ0n) is 14.4. The van der Waals surface area contributed by atoms with E-state index in [9.17, 15) is 26.7 Å². The molecule has 0 fully saturated rings. The van der Waals surface area contributed by atoms with Crippen molar-refractivity contribution in [2.45, 2.75) is 16.7 Å². The van der Waals surface area contributed by atoms with E-state index in [1.165, 1.54) is 13.0 Å². The summed E-state index contributed by atoms with van der Waals surface area (Å²) in [6, 6.07) is 5.08. The zero-order valence-corrected chi connectivity index (χ0v) is 16.8. The van der Waals surface area contributed by atoms with Crippen molar-refractivity contribution in [3.05, 3.63) is 35.4 Å². The van der Waals surface area contributed by atoms with E-state index in [1.807, 2.05) is 0 Å². The summed E-state index contributed by atoms with van der Waals surface area (Å²) in [5, 5.41) is 19.6. The summed E-state index contributed by atoms with van der Waals surface area (Å²) in [6.07, 6.45) is 0.829. The normalized spacial score (nSPS) is 11.9. The van der Waals surface area contributed by atoms with Crippen LogP contribution in [0.25, 0.3) is 0 Å². The van der Waals surface area contributed by atoms with Gasteiger partial charge in [-0.25, -0.2) is 8.42 Å². The molecule has 0 unspecified atom stereocenters. The number of carbonyl (C=O) groups is 1. The van der Waals surface area contributed by atoms with E-state index in [4.69, 9.17) is 16.2 Å². The maximum atomic E-state index is 12.0. The molecule has 10 nitrogen and oxygen atoms in total. The maximum absolute atomic E-state index is 12.0. The fourth-order valence-corrected chi connectivity index (χ4v) is 3.64. The Morgan fingerprint density at radius 3 is 2.17 bits per heavy atom. The van der Waals surface area contributed by atoms with E-state index < -0.39 is 35.7 Å². The van der Waals surface area contributed by atoms with Crippen LogP contribution in [-0.2, 0) is 24.7 Å². The molecule has 0 aliphatic carbocycles. The second-order valence-electron chi connectivity index (χ2n) is 5.58. The number of hydrogen-bond acceptors (Lipinski definition) is 8. The predicted molar refractivity (Wildman–Crippen MR) is 110 cm³/mol. The number of aromatic hydroxyl groups is 1. The first-order valence-corrected chi connectivity index (χ1v) is 11.0. The first-order chi connectivity index (χ1) is 12.8. The van der Waals surface area contributed by atoms with Crippen molar-refractivity contribution in [1.82, 2.24) is 0 Å². The van der Waals surface area contributed by atoms with E-state index >= 15 is 0 Å². The Bertz CT molecular complexity index is 1200. The zero-order chi connectivity index (χ0) is 21.3. The number of benzene rings is 2. The van der Waals surface area contributed by atoms with Crippen molar-refractivity contribution < 1.29 is 31.3 Å². The van der Waals surface area contributed by atoms with E-state index in [-0.39, 0.29) is 65.6 Å². The average molecular weight is 490 g/mol. The van der Waals surface area contributed by atoms with Gasteiger partial charge in [-0.05, 0) is 24.3 Å². The third-order valence-corrected chi connectivity index (χ3v) is 5.55. The van der Waals surface area contributed by atoms with Crippen LogP contribution in [0.15, 0.2) is 50.4 Å². The SMILES string of the molecule is CC(=O)Nc1cc(O)c(Cl)cc1N=Nc1ccc(S(=O)(=O)O)cc1S(C)(=O)=O.[CaH2]. The van der Waals surface area contributed by atoms with Gasteiger partial charge >= 0.3 is 37.7 Å². The van der Waals surface area contributed by atoms with Crippen LogP contribution in [0, 0.1) is 0 Å². The van der Waals surface area contributed by atoms with Gasteiger partial charge in [0, 0.05) is 19.2 Å². The fraction of sp³-hybridized carbons (Fsp3) is 0.133. The van der Waals surface area contributed by atoms with Crippen molar-refractivity contribution in [2.75, 3.05) is 11.6 Å². The van der Waals surface area contributed by atoms with Gasteiger partial charge in [0.2, 0.25) is 5.91 Å². The molecule has 2 aromatic rings. The van der Waals surface area contributed by atoms with E-state index in [1.54, 1.807) is 0 Å². The number of hydrogen-bond donors (Lipinski definition) is 3. The van der Waals surface area contributed by atoms with Crippen LogP contribution in [0.5, 0.6) is 5.75 Å². The van der Waals surface area contributed by atoms with Crippen LogP contribution in [-0.4, -0.2) is 76.4 Å². The summed E-state index contributed by atoms with van der Waals surface area (Å²) >= 11 is 5.82. The average Bonchev–Trinajstić information content (AvgIpc) is 2.54. The molecule has 0 spiro atoms. The van der Waals surface area contributed by atoms with Gasteiger partial charge in [0.25, 0.3) is 10.1 Å². The molecular weight excluding hydrogens is 474 g/mol. The summed E-state index contributed by atoms with van der Waals surface area (Å²) in [5.41, 5.74) is -0.141. The van der Waals surface area contributed by atoms with Crippen molar-refractivity contribution in [3.8, 4) is 5.75 Å². The van der Waals surface area contributed by atoms with Crippen LogP contribution >= 0.6 is 11.6 Å². The number of nitrogens with zero attached hydrogens (tertiary/aromatic N) is 2. The minimum atomic E-state index is -4.63. The predicted octanol–water partition coefficient (Wildman–Crippen LogP) is 2.15. The van der Waals surface area contributed by atoms with Gasteiger partial charge in [0.15, 0.2) is 9.84 Å². The number of sulfone groups is 1. The molecule has 2 rings (SSSR count). The quantitative estimate of drug-likeness (QED) is 0.329. The Balaban J connectivity index is 0.00000420. The summed E-state index contributed by atoms with van der Waals surface area (Å²) < 4.78 is 55.5. The van der Waals surface area contributed by atoms with Gasteiger partial charge < -0.3 is 10.4 Å². The van der Waals surface area contributed by atoms with E-state index in [0.717, 1.165) is 30.5 Å². The van der Waals surface area contributed by atoms with Gasteiger partial charge in [-0.1, -0.05) is 11.6 Å². The number of carbonyl (C=O) groups excluding carboxylic acids is 1. The van der Waals surface area contributed by atoms with Gasteiger partial charge in [0.05, 0.1) is 20.5 Å². The standard InChI is InChI=1S/C15H14ClN3O7S2.Ca.2H/c1-8(20)17-12-7-14(21)10(16)6-13(12)19-18-11-4-3-9(28(24,25)26)5-15(11)27(2,22)23;;;/h3-7,21H,1-2H3,(H,17,20)(H,24,25,26);;;. The molecule has 0 aliphatic rings. The van der Waals surface area contributed by atoms with Crippen molar-refractivity contribution in [1.29, 1.82) is 0 Å². The van der Waals surface area contributed by atoms with Crippen LogP contribution in [0.3, 0.4) is 0 Å². The molecule has 2 aromatic carbocycles. The Kier molecular flexibility index (Phi) is 8.60. The number of amides is 1. The molecule has 154 valence electrons. The number of rotatable bonds is 5. The van der Waals surface area contributed by atoms with Crippen LogP contribution < -0.4 is 5.32 Å². The van der Waals surface area contributed by atoms with Crippen molar-refractivity contribution in [2.24, 2.45) is 10.2 Å². The number of phenols is 1. The monoisotopic (exact) mass is 489 g/mol. The first kappa shape index (κ1) is 25.8. The van der Waals surface area contributed by atoms with Gasteiger partial charge in [-0.2, -0.15) is 8.42 Å². The minimum absolute atomic E-state index is 0. The fourth-order valence-electron chi connectivity index (χ4n) is 2.07. The van der Waals surface area contributed by atoms with Crippen molar-refractivity contribution in [3.63, 3.8) is 0 Å². The van der Waals surface area contributed by atoms with Crippen LogP contribution in [0.4, 0.5) is 17.1 Å². The third kappa shape index (κ3) is 6.88. The Hall–Kier alpha value is -1.28. The van der Waals surface area contributed by atoms with Gasteiger partial charge in [0.1, 0.15) is 17.1 Å². The molecule has 0 aromatic heterocycles. The summed E-state index contributed by atoms with van der Waals surface area (Å²) in [5.74, 6) is -0.786. The number of anilines is 1. The first-order valence-electron chi connectivity index (χ1n) is 7.32. The van der Waals surface area contributed by atoms with Crippen molar-refractivity contribution >= 4 is 92.3 Å². The van der Waals surface area contributed by atoms with Crippen LogP contribution in [0.1, 0.15) is 6.92 Å².